The van der Waals surface area contributed by atoms with Crippen molar-refractivity contribution in [2.45, 2.75) is 96.9 Å². The number of benzene rings is 1. The Morgan fingerprint density at radius 3 is 2.50 bits per heavy atom. The molecule has 7 nitrogen and oxygen atoms in total. The van der Waals surface area contributed by atoms with E-state index in [9.17, 15) is 9.90 Å². The van der Waals surface area contributed by atoms with Crippen LogP contribution >= 0.6 is 0 Å². The van der Waals surface area contributed by atoms with Gasteiger partial charge in [-0.05, 0) is 77.9 Å². The zero-order valence-electron chi connectivity index (χ0n) is 20.5. The van der Waals surface area contributed by atoms with Gasteiger partial charge in [0.1, 0.15) is 11.8 Å². The summed E-state index contributed by atoms with van der Waals surface area (Å²) in [4.78, 5) is 16.5. The summed E-state index contributed by atoms with van der Waals surface area (Å²) >= 11 is 0. The third-order valence-corrected chi connectivity index (χ3v) is 7.14. The predicted octanol–water partition coefficient (Wildman–Crippen LogP) is 3.19. The van der Waals surface area contributed by atoms with E-state index in [1.165, 1.54) is 0 Å². The predicted molar refractivity (Wildman–Crippen MR) is 123 cm³/mol. The molecule has 0 aromatic heterocycles. The Morgan fingerprint density at radius 2 is 1.88 bits per heavy atom. The van der Waals surface area contributed by atoms with Gasteiger partial charge in [0.05, 0.1) is 11.2 Å². The summed E-state index contributed by atoms with van der Waals surface area (Å²) in [6, 6.07) is 6.12. The average molecular weight is 444 g/mol. The van der Waals surface area contributed by atoms with Gasteiger partial charge in [0.15, 0.2) is 0 Å². The summed E-state index contributed by atoms with van der Waals surface area (Å²) < 4.78 is 18.0. The number of aliphatic hydroxyl groups excluding tert-OH is 1. The number of carbonyl (C=O) groups excluding carboxylic acids is 1. The van der Waals surface area contributed by atoms with Gasteiger partial charge in [-0.25, -0.2) is 4.79 Å². The SMILES string of the molecule is CC(C)(C)OC(=O)N1CCCC1CN1Cc2ccc(B3OC(C)(C)C(C)(C)O3)cc2C1O. The van der Waals surface area contributed by atoms with E-state index >= 15 is 0 Å². The van der Waals surface area contributed by atoms with E-state index in [0.717, 1.165) is 29.4 Å². The van der Waals surface area contributed by atoms with Crippen molar-refractivity contribution in [3.8, 4) is 0 Å². The van der Waals surface area contributed by atoms with Crippen LogP contribution in [0.3, 0.4) is 0 Å². The molecule has 4 rings (SSSR count). The number of nitrogens with zero attached hydrogens (tertiary/aromatic N) is 2. The lowest BCUT2D eigenvalue weighted by Crippen LogP contribution is -2.44. The molecule has 1 N–H and O–H groups in total. The van der Waals surface area contributed by atoms with Crippen molar-refractivity contribution < 1.29 is 23.9 Å². The first-order valence-electron chi connectivity index (χ1n) is 11.7. The minimum atomic E-state index is -0.714. The first kappa shape index (κ1) is 23.5. The Bertz CT molecular complexity index is 866. The molecule has 0 radical (unpaired) electrons. The standard InChI is InChI=1S/C24H37BN2O5/c1-22(2,3)30-21(29)27-12-8-9-18(27)15-26-14-16-10-11-17(13-19(16)20(26)28)25-31-23(4,5)24(6,7)32-25/h10-11,13,18,20,28H,8-9,12,14-15H2,1-7H3. The maximum absolute atomic E-state index is 12.6. The van der Waals surface area contributed by atoms with E-state index in [4.69, 9.17) is 14.0 Å². The van der Waals surface area contributed by atoms with E-state index in [0.29, 0.717) is 19.6 Å². The number of fused-ring (bicyclic) bond motifs is 1. The monoisotopic (exact) mass is 444 g/mol. The highest BCUT2D eigenvalue weighted by Gasteiger charge is 2.52. The number of hydrogen-bond donors (Lipinski definition) is 1. The van der Waals surface area contributed by atoms with Crippen LogP contribution in [0.1, 0.15) is 78.7 Å². The van der Waals surface area contributed by atoms with Crippen LogP contribution in [0.25, 0.3) is 0 Å². The molecule has 1 aromatic rings. The highest BCUT2D eigenvalue weighted by molar-refractivity contribution is 6.62. The van der Waals surface area contributed by atoms with Crippen molar-refractivity contribution >= 4 is 18.7 Å². The van der Waals surface area contributed by atoms with Crippen LogP contribution in [-0.2, 0) is 20.6 Å². The van der Waals surface area contributed by atoms with Crippen LogP contribution in [-0.4, -0.2) is 64.1 Å². The topological polar surface area (TPSA) is 71.5 Å². The minimum Gasteiger partial charge on any atom is -0.444 e. The maximum atomic E-state index is 12.6. The third-order valence-electron chi connectivity index (χ3n) is 7.14. The summed E-state index contributed by atoms with van der Waals surface area (Å²) in [6.45, 7) is 15.8. The van der Waals surface area contributed by atoms with Gasteiger partial charge in [-0.3, -0.25) is 4.90 Å². The van der Waals surface area contributed by atoms with Gasteiger partial charge in [-0.1, -0.05) is 18.2 Å². The Labute approximate surface area is 192 Å². The molecule has 2 saturated heterocycles. The smallest absolute Gasteiger partial charge is 0.444 e. The Kier molecular flexibility index (Phi) is 5.89. The summed E-state index contributed by atoms with van der Waals surface area (Å²) in [6.07, 6.45) is 0.882. The van der Waals surface area contributed by atoms with Crippen molar-refractivity contribution in [1.82, 2.24) is 9.80 Å². The molecule has 0 saturated carbocycles. The molecule has 0 aliphatic carbocycles. The normalized spacial score (nSPS) is 27.1. The molecule has 1 amide bonds. The quantitative estimate of drug-likeness (QED) is 0.723. The molecule has 0 spiro atoms. The molecule has 8 heteroatoms. The van der Waals surface area contributed by atoms with E-state index in [1.807, 2.05) is 70.4 Å². The van der Waals surface area contributed by atoms with E-state index in [-0.39, 0.29) is 12.1 Å². The van der Waals surface area contributed by atoms with Crippen LogP contribution < -0.4 is 5.46 Å². The number of likely N-dealkylation sites (tertiary alicyclic amines) is 1. The molecule has 2 fully saturated rings. The zero-order chi connectivity index (χ0) is 23.5. The molecular formula is C24H37BN2O5. The number of amides is 1. The number of rotatable bonds is 3. The van der Waals surface area contributed by atoms with E-state index in [1.54, 1.807) is 0 Å². The fourth-order valence-corrected chi connectivity index (χ4v) is 4.65. The molecule has 176 valence electrons. The lowest BCUT2D eigenvalue weighted by Gasteiger charge is -2.32. The van der Waals surface area contributed by atoms with Crippen molar-refractivity contribution in [3.63, 3.8) is 0 Å². The van der Waals surface area contributed by atoms with Gasteiger partial charge in [0, 0.05) is 25.7 Å². The van der Waals surface area contributed by atoms with Crippen molar-refractivity contribution in [1.29, 1.82) is 0 Å². The first-order valence-corrected chi connectivity index (χ1v) is 11.7. The number of aliphatic hydroxyl groups is 1. The second kappa shape index (κ2) is 8.01. The molecule has 2 atom stereocenters. The van der Waals surface area contributed by atoms with Crippen molar-refractivity contribution in [3.05, 3.63) is 29.3 Å². The second-order valence-electron chi connectivity index (χ2n) is 11.3. The number of ether oxygens (including phenoxy) is 1. The fourth-order valence-electron chi connectivity index (χ4n) is 4.65. The minimum absolute atomic E-state index is 0.0383. The fraction of sp³-hybridized carbons (Fsp3) is 0.708. The lowest BCUT2D eigenvalue weighted by molar-refractivity contribution is -0.0106. The molecular weight excluding hydrogens is 407 g/mol. The summed E-state index contributed by atoms with van der Waals surface area (Å²) in [7, 11) is -0.455. The maximum Gasteiger partial charge on any atom is 0.494 e. The highest BCUT2D eigenvalue weighted by Crippen LogP contribution is 2.38. The average Bonchev–Trinajstić information content (AvgIpc) is 3.30. The molecule has 0 bridgehead atoms. The highest BCUT2D eigenvalue weighted by atomic mass is 16.7. The van der Waals surface area contributed by atoms with Crippen LogP contribution in [0.5, 0.6) is 0 Å². The second-order valence-corrected chi connectivity index (χ2v) is 11.3. The van der Waals surface area contributed by atoms with Crippen LogP contribution in [0.15, 0.2) is 18.2 Å². The van der Waals surface area contributed by atoms with Crippen LogP contribution in [0, 0.1) is 0 Å². The largest absolute Gasteiger partial charge is 0.494 e. The Hall–Kier alpha value is -1.61. The van der Waals surface area contributed by atoms with E-state index in [2.05, 4.69) is 6.07 Å². The molecule has 1 aromatic carbocycles. The van der Waals surface area contributed by atoms with Gasteiger partial charge in [0.25, 0.3) is 0 Å². The van der Waals surface area contributed by atoms with Crippen molar-refractivity contribution in [2.24, 2.45) is 0 Å². The molecule has 2 unspecified atom stereocenters. The molecule has 3 aliphatic heterocycles. The lowest BCUT2D eigenvalue weighted by atomic mass is 9.78. The third kappa shape index (κ3) is 4.43. The van der Waals surface area contributed by atoms with Crippen LogP contribution in [0.2, 0.25) is 0 Å². The molecule has 3 heterocycles. The van der Waals surface area contributed by atoms with Gasteiger partial charge >= 0.3 is 13.2 Å². The van der Waals surface area contributed by atoms with Gasteiger partial charge in [-0.15, -0.1) is 0 Å². The molecule has 32 heavy (non-hydrogen) atoms. The van der Waals surface area contributed by atoms with Crippen molar-refractivity contribution in [2.75, 3.05) is 13.1 Å². The Morgan fingerprint density at radius 1 is 1.22 bits per heavy atom. The van der Waals surface area contributed by atoms with E-state index < -0.39 is 30.1 Å². The number of carbonyl (C=O) groups is 1. The zero-order valence-corrected chi connectivity index (χ0v) is 20.5. The number of hydrogen-bond acceptors (Lipinski definition) is 6. The van der Waals surface area contributed by atoms with Gasteiger partial charge in [0.2, 0.25) is 0 Å². The molecule has 3 aliphatic rings. The summed E-state index contributed by atoms with van der Waals surface area (Å²) in [5.74, 6) is 0. The van der Waals surface area contributed by atoms with Gasteiger partial charge < -0.3 is 24.1 Å². The summed E-state index contributed by atoms with van der Waals surface area (Å²) in [5.41, 5.74) is 1.57. The van der Waals surface area contributed by atoms with Gasteiger partial charge in [-0.2, -0.15) is 0 Å². The summed E-state index contributed by atoms with van der Waals surface area (Å²) in [5, 5.41) is 11.1. The van der Waals surface area contributed by atoms with Crippen LogP contribution in [0.4, 0.5) is 4.79 Å². The Balaban J connectivity index is 1.45. The first-order chi connectivity index (χ1) is 14.8.